The maximum absolute atomic E-state index is 12.6. The van der Waals surface area contributed by atoms with Crippen LogP contribution < -0.4 is 5.73 Å². The Morgan fingerprint density at radius 1 is 1.17 bits per heavy atom. The minimum atomic E-state index is -0.439. The van der Waals surface area contributed by atoms with Crippen LogP contribution in [0.5, 0.6) is 0 Å². The highest BCUT2D eigenvalue weighted by atomic mass is 16.2. The van der Waals surface area contributed by atoms with Crippen molar-refractivity contribution in [3.8, 4) is 0 Å². The van der Waals surface area contributed by atoms with E-state index in [1.165, 1.54) is 0 Å². The van der Waals surface area contributed by atoms with Crippen LogP contribution in [0.25, 0.3) is 0 Å². The number of carbonyl (C=O) groups is 2. The average Bonchev–Trinajstić information content (AvgIpc) is 3.00. The molecule has 1 aromatic heterocycles. The summed E-state index contributed by atoms with van der Waals surface area (Å²) in [5.74, 6) is -0.464. The number of aryl methyl sites for hydroxylation is 1. The third-order valence-electron chi connectivity index (χ3n) is 4.30. The molecule has 0 spiro atoms. The monoisotopic (exact) mass is 311 g/mol. The summed E-state index contributed by atoms with van der Waals surface area (Å²) in [4.78, 5) is 25.5. The molecule has 0 saturated carbocycles. The second-order valence-corrected chi connectivity index (χ2v) is 6.00. The number of amides is 2. The minimum Gasteiger partial charge on any atom is -0.370 e. The molecule has 1 unspecified atom stereocenters. The summed E-state index contributed by atoms with van der Waals surface area (Å²) in [5, 5.41) is 0. The lowest BCUT2D eigenvalue weighted by molar-refractivity contribution is -0.135. The highest BCUT2D eigenvalue weighted by Gasteiger charge is 2.31. The zero-order valence-electron chi connectivity index (χ0n) is 13.2. The zero-order valence-corrected chi connectivity index (χ0v) is 13.2. The maximum atomic E-state index is 12.6. The summed E-state index contributed by atoms with van der Waals surface area (Å²) in [6.07, 6.45) is 2.30. The van der Waals surface area contributed by atoms with Gasteiger partial charge in [0.2, 0.25) is 11.8 Å². The second kappa shape index (κ2) is 6.28. The van der Waals surface area contributed by atoms with Crippen LogP contribution in [-0.2, 0) is 16.1 Å². The van der Waals surface area contributed by atoms with Gasteiger partial charge in [-0.3, -0.25) is 9.59 Å². The van der Waals surface area contributed by atoms with E-state index >= 15 is 0 Å². The highest BCUT2D eigenvalue weighted by Crippen LogP contribution is 2.33. The number of primary amides is 1. The van der Waals surface area contributed by atoms with E-state index in [4.69, 9.17) is 5.73 Å². The Bertz CT molecular complexity index is 735. The van der Waals surface area contributed by atoms with Gasteiger partial charge in [0.25, 0.3) is 0 Å². The van der Waals surface area contributed by atoms with Crippen LogP contribution >= 0.6 is 0 Å². The Morgan fingerprint density at radius 3 is 2.74 bits per heavy atom. The van der Waals surface area contributed by atoms with Gasteiger partial charge in [-0.2, -0.15) is 0 Å². The second-order valence-electron chi connectivity index (χ2n) is 6.00. The van der Waals surface area contributed by atoms with Crippen molar-refractivity contribution < 1.29 is 9.59 Å². The molecule has 5 nitrogen and oxygen atoms in total. The Balaban J connectivity index is 1.95. The van der Waals surface area contributed by atoms with Crippen molar-refractivity contribution in [2.45, 2.75) is 32.4 Å². The number of hydrogen-bond acceptors (Lipinski definition) is 2. The van der Waals surface area contributed by atoms with Gasteiger partial charge in [-0.05, 0) is 24.6 Å². The number of hydrogen-bond donors (Lipinski definition) is 1. The smallest absolute Gasteiger partial charge is 0.223 e. The molecular formula is C18H21N3O2. The molecule has 3 rings (SSSR count). The molecule has 0 bridgehead atoms. The number of nitrogens with zero attached hydrogens (tertiary/aromatic N) is 2. The fraction of sp³-hybridized carbons (Fsp3) is 0.333. The molecule has 2 aromatic rings. The van der Waals surface area contributed by atoms with E-state index in [9.17, 15) is 9.59 Å². The first kappa shape index (κ1) is 15.3. The lowest BCUT2D eigenvalue weighted by Gasteiger charge is -2.37. The minimum absolute atomic E-state index is 0.0252. The number of nitrogens with two attached hydrogens (primary N) is 1. The van der Waals surface area contributed by atoms with E-state index in [2.05, 4.69) is 22.8 Å². The van der Waals surface area contributed by atoms with Gasteiger partial charge in [0.05, 0.1) is 6.04 Å². The standard InChI is InChI=1S/C18H21N3O2/c1-13-4-2-5-14(12-13)18-15-6-3-9-20(15)10-11-21(18)17(23)8-7-16(19)22/h2-6,9,12,18H,7-8,10-11H2,1H3,(H2,19,22). The molecule has 0 fully saturated rings. The van der Waals surface area contributed by atoms with Crippen molar-refractivity contribution in [3.63, 3.8) is 0 Å². The topological polar surface area (TPSA) is 68.3 Å². The predicted molar refractivity (Wildman–Crippen MR) is 87.6 cm³/mol. The van der Waals surface area contributed by atoms with Crippen LogP contribution in [0.2, 0.25) is 0 Å². The fourth-order valence-electron chi connectivity index (χ4n) is 3.22. The van der Waals surface area contributed by atoms with Crippen molar-refractivity contribution in [1.29, 1.82) is 0 Å². The van der Waals surface area contributed by atoms with Gasteiger partial charge in [0, 0.05) is 37.8 Å². The van der Waals surface area contributed by atoms with E-state index < -0.39 is 5.91 Å². The summed E-state index contributed by atoms with van der Waals surface area (Å²) in [7, 11) is 0. The number of rotatable bonds is 4. The molecule has 0 aliphatic carbocycles. The van der Waals surface area contributed by atoms with E-state index in [-0.39, 0.29) is 24.8 Å². The average molecular weight is 311 g/mol. The summed E-state index contributed by atoms with van der Waals surface area (Å²) in [6.45, 7) is 3.45. The van der Waals surface area contributed by atoms with Crippen molar-refractivity contribution in [3.05, 3.63) is 59.4 Å². The predicted octanol–water partition coefficient (Wildman–Crippen LogP) is 1.99. The van der Waals surface area contributed by atoms with Crippen LogP contribution in [0.1, 0.15) is 35.7 Å². The normalized spacial score (nSPS) is 16.9. The molecule has 2 amide bonds. The Labute approximate surface area is 135 Å². The van der Waals surface area contributed by atoms with Gasteiger partial charge in [-0.1, -0.05) is 29.8 Å². The molecule has 2 heterocycles. The van der Waals surface area contributed by atoms with Gasteiger partial charge in [0.1, 0.15) is 0 Å². The molecule has 0 saturated heterocycles. The van der Waals surface area contributed by atoms with Gasteiger partial charge in [-0.25, -0.2) is 0 Å². The summed E-state index contributed by atoms with van der Waals surface area (Å²) in [5.41, 5.74) is 8.55. The first-order valence-electron chi connectivity index (χ1n) is 7.85. The van der Waals surface area contributed by atoms with E-state index in [0.717, 1.165) is 23.4 Å². The summed E-state index contributed by atoms with van der Waals surface area (Å²) >= 11 is 0. The largest absolute Gasteiger partial charge is 0.370 e. The number of benzene rings is 1. The lowest BCUT2D eigenvalue weighted by Crippen LogP contribution is -2.42. The third kappa shape index (κ3) is 3.13. The highest BCUT2D eigenvalue weighted by molar-refractivity contribution is 5.83. The van der Waals surface area contributed by atoms with Crippen LogP contribution in [0.3, 0.4) is 0 Å². The van der Waals surface area contributed by atoms with Gasteiger partial charge in [0.15, 0.2) is 0 Å². The van der Waals surface area contributed by atoms with E-state index in [1.807, 2.05) is 36.2 Å². The van der Waals surface area contributed by atoms with E-state index in [0.29, 0.717) is 6.54 Å². The SMILES string of the molecule is Cc1cccc(C2c3cccn3CCN2C(=O)CCC(N)=O)c1. The summed E-state index contributed by atoms with van der Waals surface area (Å²) < 4.78 is 2.19. The lowest BCUT2D eigenvalue weighted by atomic mass is 9.98. The van der Waals surface area contributed by atoms with Crippen LogP contribution in [-0.4, -0.2) is 27.8 Å². The van der Waals surface area contributed by atoms with Gasteiger partial charge in [-0.15, -0.1) is 0 Å². The molecule has 1 aliphatic heterocycles. The molecule has 1 atom stereocenters. The van der Waals surface area contributed by atoms with Gasteiger partial charge < -0.3 is 15.2 Å². The third-order valence-corrected chi connectivity index (χ3v) is 4.30. The Morgan fingerprint density at radius 2 is 2.00 bits per heavy atom. The molecule has 2 N–H and O–H groups in total. The summed E-state index contributed by atoms with van der Waals surface area (Å²) in [6, 6.07) is 12.2. The molecule has 5 heteroatoms. The quantitative estimate of drug-likeness (QED) is 0.938. The molecule has 0 radical (unpaired) electrons. The van der Waals surface area contributed by atoms with Crippen LogP contribution in [0.15, 0.2) is 42.6 Å². The van der Waals surface area contributed by atoms with Crippen molar-refractivity contribution in [2.75, 3.05) is 6.54 Å². The molecular weight excluding hydrogens is 290 g/mol. The Kier molecular flexibility index (Phi) is 4.19. The Hall–Kier alpha value is -2.56. The van der Waals surface area contributed by atoms with Gasteiger partial charge >= 0.3 is 0 Å². The van der Waals surface area contributed by atoms with Crippen molar-refractivity contribution in [1.82, 2.24) is 9.47 Å². The van der Waals surface area contributed by atoms with Crippen molar-refractivity contribution in [2.24, 2.45) is 5.73 Å². The molecule has 1 aromatic carbocycles. The van der Waals surface area contributed by atoms with Crippen LogP contribution in [0, 0.1) is 6.92 Å². The first-order valence-corrected chi connectivity index (χ1v) is 7.85. The number of carbonyl (C=O) groups excluding carboxylic acids is 2. The molecule has 23 heavy (non-hydrogen) atoms. The van der Waals surface area contributed by atoms with Crippen molar-refractivity contribution >= 4 is 11.8 Å². The maximum Gasteiger partial charge on any atom is 0.223 e. The number of fused-ring (bicyclic) bond motifs is 1. The zero-order chi connectivity index (χ0) is 16.4. The molecule has 1 aliphatic rings. The van der Waals surface area contributed by atoms with Crippen LogP contribution in [0.4, 0.5) is 0 Å². The fourth-order valence-corrected chi connectivity index (χ4v) is 3.22. The first-order chi connectivity index (χ1) is 11.1. The van der Waals surface area contributed by atoms with E-state index in [1.54, 1.807) is 0 Å². The number of aromatic nitrogens is 1. The molecule has 120 valence electrons.